The molecule has 0 aromatic rings. The number of ketones is 1. The molecule has 0 aromatic carbocycles. The van der Waals surface area contributed by atoms with Gasteiger partial charge < -0.3 is 4.74 Å². The van der Waals surface area contributed by atoms with E-state index in [-0.39, 0.29) is 16.3 Å². The summed E-state index contributed by atoms with van der Waals surface area (Å²) in [6.45, 7) is 3.57. The van der Waals surface area contributed by atoms with Gasteiger partial charge in [0, 0.05) is 0 Å². The highest BCUT2D eigenvalue weighted by molar-refractivity contribution is 8.17. The second-order valence-corrected chi connectivity index (χ2v) is 6.10. The van der Waals surface area contributed by atoms with Crippen molar-refractivity contribution in [1.82, 2.24) is 0 Å². The molecule has 0 aromatic heterocycles. The molecule has 0 spiro atoms. The molecule has 1 unspecified atom stereocenters. The van der Waals surface area contributed by atoms with Gasteiger partial charge >= 0.3 is 5.97 Å². The molecule has 3 nitrogen and oxygen atoms in total. The highest BCUT2D eigenvalue weighted by Gasteiger charge is 2.35. The Labute approximate surface area is 98.7 Å². The van der Waals surface area contributed by atoms with Gasteiger partial charge in [0.2, 0.25) is 0 Å². The third-order valence-electron chi connectivity index (χ3n) is 2.10. The van der Waals surface area contributed by atoms with Crippen LogP contribution in [0.3, 0.4) is 0 Å². The maximum Gasteiger partial charge on any atom is 0.318 e. The third-order valence-corrected chi connectivity index (χ3v) is 5.17. The lowest BCUT2D eigenvalue weighted by molar-refractivity contribution is -0.150. The van der Waals surface area contributed by atoms with Crippen LogP contribution in [0.15, 0.2) is 0 Å². The molecule has 0 saturated carbocycles. The minimum Gasteiger partial charge on any atom is -0.465 e. The molecule has 1 fully saturated rings. The van der Waals surface area contributed by atoms with Gasteiger partial charge in [0.05, 0.1) is 11.2 Å². The second kappa shape index (κ2) is 6.43. The summed E-state index contributed by atoms with van der Waals surface area (Å²) in [7, 11) is 0. The summed E-state index contributed by atoms with van der Waals surface area (Å²) in [5.74, 6) is 1.03. The van der Waals surface area contributed by atoms with Crippen LogP contribution >= 0.6 is 23.5 Å². The smallest absolute Gasteiger partial charge is 0.318 e. The fourth-order valence-electron chi connectivity index (χ4n) is 1.40. The fraction of sp³-hybridized carbons (Fsp3) is 0.800. The van der Waals surface area contributed by atoms with Crippen LogP contribution in [0.2, 0.25) is 0 Å². The van der Waals surface area contributed by atoms with E-state index >= 15 is 0 Å². The highest BCUT2D eigenvalue weighted by atomic mass is 32.2. The minimum absolute atomic E-state index is 0.0512. The zero-order valence-electron chi connectivity index (χ0n) is 9.02. The number of thioether (sulfide) groups is 2. The Hall–Kier alpha value is -0.160. The predicted octanol–water partition coefficient (Wildman–Crippen LogP) is 1.95. The predicted molar refractivity (Wildman–Crippen MR) is 64.1 cm³/mol. The van der Waals surface area contributed by atoms with E-state index in [0.29, 0.717) is 6.61 Å². The van der Waals surface area contributed by atoms with Crippen molar-refractivity contribution in [3.63, 3.8) is 0 Å². The summed E-state index contributed by atoms with van der Waals surface area (Å²) >= 11 is 3.39. The van der Waals surface area contributed by atoms with Crippen molar-refractivity contribution in [1.29, 1.82) is 0 Å². The summed E-state index contributed by atoms with van der Waals surface area (Å²) in [4.78, 5) is 23.0. The van der Waals surface area contributed by atoms with E-state index in [1.54, 1.807) is 30.4 Å². The van der Waals surface area contributed by atoms with E-state index in [1.807, 2.05) is 0 Å². The number of esters is 1. The van der Waals surface area contributed by atoms with E-state index in [2.05, 4.69) is 0 Å². The average molecular weight is 248 g/mol. The van der Waals surface area contributed by atoms with Gasteiger partial charge in [-0.2, -0.15) is 0 Å². The summed E-state index contributed by atoms with van der Waals surface area (Å²) in [5.41, 5.74) is 0. The minimum atomic E-state index is -0.583. The maximum absolute atomic E-state index is 11.6. The average Bonchev–Trinajstić information content (AvgIpc) is 2.19. The quantitative estimate of drug-likeness (QED) is 0.562. The SMILES string of the molecule is CCOC(=O)C(C(C)=O)C1SCCCS1. The van der Waals surface area contributed by atoms with Crippen LogP contribution in [-0.2, 0) is 14.3 Å². The summed E-state index contributed by atoms with van der Waals surface area (Å²) in [6.07, 6.45) is 1.15. The molecule has 0 amide bonds. The van der Waals surface area contributed by atoms with Crippen molar-refractivity contribution in [2.45, 2.75) is 24.9 Å². The standard InChI is InChI=1S/C10H16O3S2/c1-3-13-9(12)8(7(2)11)10-14-5-4-6-15-10/h8,10H,3-6H2,1-2H3. The van der Waals surface area contributed by atoms with Gasteiger partial charge in [-0.3, -0.25) is 9.59 Å². The van der Waals surface area contributed by atoms with Gasteiger partial charge in [0.15, 0.2) is 0 Å². The third kappa shape index (κ3) is 3.72. The Balaban J connectivity index is 2.63. The molecule has 0 bridgehead atoms. The van der Waals surface area contributed by atoms with Crippen molar-refractivity contribution in [2.24, 2.45) is 5.92 Å². The largest absolute Gasteiger partial charge is 0.465 e. The summed E-state index contributed by atoms with van der Waals surface area (Å²) in [5, 5.41) is 0. The van der Waals surface area contributed by atoms with Crippen LogP contribution in [0, 0.1) is 5.92 Å². The van der Waals surface area contributed by atoms with E-state index in [0.717, 1.165) is 17.9 Å². The Kier molecular flexibility index (Phi) is 5.53. The molecular weight excluding hydrogens is 232 g/mol. The zero-order valence-corrected chi connectivity index (χ0v) is 10.7. The van der Waals surface area contributed by atoms with Crippen molar-refractivity contribution in [2.75, 3.05) is 18.1 Å². The monoisotopic (exact) mass is 248 g/mol. The van der Waals surface area contributed by atoms with Crippen LogP contribution in [-0.4, -0.2) is 34.4 Å². The zero-order chi connectivity index (χ0) is 11.3. The van der Waals surface area contributed by atoms with E-state index in [1.165, 1.54) is 6.92 Å². The van der Waals surface area contributed by atoms with Crippen molar-refractivity contribution in [3.8, 4) is 0 Å². The molecular formula is C10H16O3S2. The van der Waals surface area contributed by atoms with Crippen LogP contribution in [0.5, 0.6) is 0 Å². The Morgan fingerprint density at radius 2 is 2.00 bits per heavy atom. The normalized spacial score (nSPS) is 19.6. The van der Waals surface area contributed by atoms with Crippen LogP contribution in [0.25, 0.3) is 0 Å². The number of hydrogen-bond acceptors (Lipinski definition) is 5. The highest BCUT2D eigenvalue weighted by Crippen LogP contribution is 2.36. The van der Waals surface area contributed by atoms with Crippen LogP contribution < -0.4 is 0 Å². The number of ether oxygens (including phenoxy) is 1. The summed E-state index contributed by atoms with van der Waals surface area (Å²) in [6, 6.07) is 0. The first-order valence-electron chi connectivity index (χ1n) is 5.07. The lowest BCUT2D eigenvalue weighted by Gasteiger charge is -2.26. The molecule has 0 N–H and O–H groups in total. The van der Waals surface area contributed by atoms with Gasteiger partial charge in [-0.25, -0.2) is 0 Å². The first-order valence-corrected chi connectivity index (χ1v) is 7.17. The first kappa shape index (κ1) is 12.9. The van der Waals surface area contributed by atoms with E-state index < -0.39 is 5.92 Å². The number of rotatable bonds is 4. The van der Waals surface area contributed by atoms with Gasteiger partial charge in [-0.1, -0.05) is 0 Å². The maximum atomic E-state index is 11.6. The topological polar surface area (TPSA) is 43.4 Å². The molecule has 1 heterocycles. The molecule has 1 rings (SSSR count). The molecule has 1 aliphatic rings. The van der Waals surface area contributed by atoms with Gasteiger partial charge in [0.25, 0.3) is 0 Å². The number of hydrogen-bond donors (Lipinski definition) is 0. The van der Waals surface area contributed by atoms with Crippen molar-refractivity contribution in [3.05, 3.63) is 0 Å². The number of carbonyl (C=O) groups is 2. The Morgan fingerprint density at radius 1 is 1.40 bits per heavy atom. The molecule has 1 aliphatic heterocycles. The lowest BCUT2D eigenvalue weighted by Crippen LogP contribution is -2.33. The molecule has 5 heteroatoms. The molecule has 15 heavy (non-hydrogen) atoms. The van der Waals surface area contributed by atoms with Crippen LogP contribution in [0.4, 0.5) is 0 Å². The van der Waals surface area contributed by atoms with Gasteiger partial charge in [0.1, 0.15) is 11.7 Å². The van der Waals surface area contributed by atoms with E-state index in [9.17, 15) is 9.59 Å². The molecule has 1 atom stereocenters. The van der Waals surface area contributed by atoms with E-state index in [4.69, 9.17) is 4.74 Å². The second-order valence-electron chi connectivity index (χ2n) is 3.30. The number of carbonyl (C=O) groups excluding carboxylic acids is 2. The van der Waals surface area contributed by atoms with Gasteiger partial charge in [-0.05, 0) is 31.8 Å². The van der Waals surface area contributed by atoms with Crippen molar-refractivity contribution >= 4 is 35.3 Å². The fourth-order valence-corrected chi connectivity index (χ4v) is 4.62. The van der Waals surface area contributed by atoms with Gasteiger partial charge in [-0.15, -0.1) is 23.5 Å². The van der Waals surface area contributed by atoms with Crippen LogP contribution in [0.1, 0.15) is 20.3 Å². The lowest BCUT2D eigenvalue weighted by atomic mass is 10.1. The Bertz CT molecular complexity index is 237. The molecule has 1 saturated heterocycles. The molecule has 0 aliphatic carbocycles. The van der Waals surface area contributed by atoms with Crippen molar-refractivity contribution < 1.29 is 14.3 Å². The Morgan fingerprint density at radius 3 is 2.47 bits per heavy atom. The summed E-state index contributed by atoms with van der Waals surface area (Å²) < 4.78 is 4.98. The first-order chi connectivity index (χ1) is 7.16. The number of Topliss-reactive ketones (excluding diaryl/α,β-unsaturated/α-hetero) is 1. The molecule has 86 valence electrons. The molecule has 0 radical (unpaired) electrons.